The number of aliphatic imine (C=N–C) groups is 1. The molecule has 1 aromatic rings. The van der Waals surface area contributed by atoms with E-state index >= 15 is 0 Å². The summed E-state index contributed by atoms with van der Waals surface area (Å²) in [6.07, 6.45) is 9.39. The average Bonchev–Trinajstić information content (AvgIpc) is 3.81. The maximum Gasteiger partial charge on any atom is 0.252 e. The van der Waals surface area contributed by atoms with Crippen LogP contribution in [0.4, 0.5) is 5.69 Å². The third kappa shape index (κ3) is 7.81. The molecule has 10 heteroatoms. The molecule has 40 heavy (non-hydrogen) atoms. The van der Waals surface area contributed by atoms with Crippen molar-refractivity contribution in [2.24, 2.45) is 22.6 Å². The monoisotopic (exact) mass is 549 g/mol. The predicted molar refractivity (Wildman–Crippen MR) is 161 cm³/mol. The molecule has 1 saturated heterocycles. The lowest BCUT2D eigenvalue weighted by molar-refractivity contribution is -0.120. The second-order valence-electron chi connectivity index (χ2n) is 10.1. The highest BCUT2D eigenvalue weighted by atomic mass is 16.5. The first-order valence-electron chi connectivity index (χ1n) is 13.9. The molecule has 2 amide bonds. The summed E-state index contributed by atoms with van der Waals surface area (Å²) < 4.78 is 5.84. The Kier molecular flexibility index (Phi) is 11.1. The van der Waals surface area contributed by atoms with E-state index in [1.54, 1.807) is 39.4 Å². The molecular weight excluding hydrogens is 506 g/mol. The lowest BCUT2D eigenvalue weighted by Crippen LogP contribution is -2.32. The smallest absolute Gasteiger partial charge is 0.252 e. The van der Waals surface area contributed by atoms with Crippen molar-refractivity contribution in [2.75, 3.05) is 39.6 Å². The molecule has 0 bridgehead atoms. The summed E-state index contributed by atoms with van der Waals surface area (Å²) in [7, 11) is 4.71. The summed E-state index contributed by atoms with van der Waals surface area (Å²) in [4.78, 5) is 29.6. The number of nitrogens with two attached hydrogens (primary N) is 1. The van der Waals surface area contributed by atoms with Gasteiger partial charge < -0.3 is 37.1 Å². The van der Waals surface area contributed by atoms with Crippen LogP contribution in [0.5, 0.6) is 5.75 Å². The molecule has 1 saturated carbocycles. The number of nitrogens with zero attached hydrogens (tertiary/aromatic N) is 1. The highest BCUT2D eigenvalue weighted by molar-refractivity contribution is 6.11. The van der Waals surface area contributed by atoms with E-state index in [-0.39, 0.29) is 29.4 Å². The first kappa shape index (κ1) is 30.6. The van der Waals surface area contributed by atoms with Crippen molar-refractivity contribution in [2.45, 2.75) is 46.0 Å². The molecule has 2 aliphatic rings. The van der Waals surface area contributed by atoms with Gasteiger partial charge in [0.2, 0.25) is 5.91 Å². The highest BCUT2D eigenvalue weighted by Crippen LogP contribution is 2.34. The van der Waals surface area contributed by atoms with Gasteiger partial charge in [-0.2, -0.15) is 0 Å². The lowest BCUT2D eigenvalue weighted by Gasteiger charge is -2.23. The van der Waals surface area contributed by atoms with Crippen LogP contribution < -0.4 is 31.7 Å². The molecule has 1 aromatic carbocycles. The Morgan fingerprint density at radius 1 is 1.18 bits per heavy atom. The van der Waals surface area contributed by atoms with Crippen molar-refractivity contribution in [1.82, 2.24) is 16.0 Å². The van der Waals surface area contributed by atoms with E-state index in [2.05, 4.69) is 26.3 Å². The molecule has 0 atom stereocenters. The Labute approximate surface area is 237 Å². The topological polar surface area (TPSA) is 154 Å². The number of aryl methyl sites for hydroxylation is 1. The minimum Gasteiger partial charge on any atom is -0.494 e. The largest absolute Gasteiger partial charge is 0.494 e. The molecule has 2 fully saturated rings. The number of rotatable bonds is 11. The standard InChI is InChI=1S/C30H43N7O3/c1-6-7-21(30(39)34-4)25(17-26(33-3)37-29(38)20-9-10-20)36-24-11-8-18(2)27(28(24)40-5)23(32)16-22(31)19-12-14-35-15-13-19/h7-8,11,16-17,19-20,32,35-36H,6,9-10,12-15,31H2,1-5H3,(H,34,39)(H,33,37,38)/b21-7-,22-16-,25-17+,32-23?. The van der Waals surface area contributed by atoms with Gasteiger partial charge in [-0.25, -0.2) is 0 Å². The van der Waals surface area contributed by atoms with Crippen molar-refractivity contribution >= 4 is 29.0 Å². The number of methoxy groups -OCH3 is 1. The first-order chi connectivity index (χ1) is 19.2. The number of carbonyl (C=O) groups is 2. The third-order valence-corrected chi connectivity index (χ3v) is 7.12. The van der Waals surface area contributed by atoms with Gasteiger partial charge in [-0.05, 0) is 69.8 Å². The van der Waals surface area contributed by atoms with E-state index < -0.39 is 0 Å². The highest BCUT2D eigenvalue weighted by Gasteiger charge is 2.30. The van der Waals surface area contributed by atoms with Crippen LogP contribution in [-0.2, 0) is 9.59 Å². The van der Waals surface area contributed by atoms with Crippen molar-refractivity contribution < 1.29 is 14.3 Å². The Morgan fingerprint density at radius 3 is 2.45 bits per heavy atom. The number of ether oxygens (including phenoxy) is 1. The molecule has 1 heterocycles. The van der Waals surface area contributed by atoms with E-state index in [0.717, 1.165) is 44.3 Å². The summed E-state index contributed by atoms with van der Waals surface area (Å²) in [6, 6.07) is 3.74. The number of carbonyl (C=O) groups excluding carboxylic acids is 2. The van der Waals surface area contributed by atoms with Gasteiger partial charge in [0, 0.05) is 43.3 Å². The second kappa shape index (κ2) is 14.5. The lowest BCUT2D eigenvalue weighted by atomic mass is 9.92. The van der Waals surface area contributed by atoms with E-state index in [1.807, 2.05) is 26.0 Å². The summed E-state index contributed by atoms with van der Waals surface area (Å²) in [5, 5.41) is 21.2. The number of amides is 2. The van der Waals surface area contributed by atoms with Crippen LogP contribution in [0.1, 0.15) is 50.2 Å². The number of allylic oxidation sites excluding steroid dienone is 3. The zero-order chi connectivity index (χ0) is 29.2. The van der Waals surface area contributed by atoms with Gasteiger partial charge in [0.1, 0.15) is 5.84 Å². The van der Waals surface area contributed by atoms with Crippen LogP contribution in [0.2, 0.25) is 0 Å². The van der Waals surface area contributed by atoms with E-state index in [1.165, 1.54) is 0 Å². The maximum absolute atomic E-state index is 12.9. The first-order valence-corrected chi connectivity index (χ1v) is 13.9. The van der Waals surface area contributed by atoms with Crippen molar-refractivity contribution in [1.29, 1.82) is 5.41 Å². The van der Waals surface area contributed by atoms with Crippen LogP contribution in [0.25, 0.3) is 0 Å². The summed E-state index contributed by atoms with van der Waals surface area (Å²) in [5.41, 5.74) is 10.2. The maximum atomic E-state index is 12.9. The van der Waals surface area contributed by atoms with Crippen LogP contribution >= 0.6 is 0 Å². The number of nitrogens with one attached hydrogen (secondary N) is 5. The molecule has 0 spiro atoms. The Morgan fingerprint density at radius 2 is 1.88 bits per heavy atom. The molecule has 1 aliphatic heterocycles. The van der Waals surface area contributed by atoms with E-state index in [4.69, 9.17) is 15.9 Å². The predicted octanol–water partition coefficient (Wildman–Crippen LogP) is 3.15. The zero-order valence-electron chi connectivity index (χ0n) is 24.2. The minimum atomic E-state index is -0.290. The molecule has 0 aromatic heterocycles. The SMILES string of the molecule is CC/C=C(C(=O)NC)/C(=C\C(=NC)NC(=O)C1CC1)Nc1ccc(C)c(C(=N)/C=C(\N)C2CCNCC2)c1OC. The van der Waals surface area contributed by atoms with Gasteiger partial charge in [-0.1, -0.05) is 19.1 Å². The van der Waals surface area contributed by atoms with Gasteiger partial charge in [-0.3, -0.25) is 14.6 Å². The third-order valence-electron chi connectivity index (χ3n) is 7.12. The minimum absolute atomic E-state index is 0.00211. The number of hydrogen-bond donors (Lipinski definition) is 6. The quantitative estimate of drug-likeness (QED) is 0.108. The summed E-state index contributed by atoms with van der Waals surface area (Å²) >= 11 is 0. The number of benzene rings is 1. The fourth-order valence-electron chi connectivity index (χ4n) is 4.70. The van der Waals surface area contributed by atoms with Gasteiger partial charge in [0.15, 0.2) is 5.75 Å². The molecule has 0 unspecified atom stereocenters. The summed E-state index contributed by atoms with van der Waals surface area (Å²) in [6.45, 7) is 5.68. The number of hydrogen-bond acceptors (Lipinski definition) is 8. The average molecular weight is 550 g/mol. The van der Waals surface area contributed by atoms with E-state index in [9.17, 15) is 9.59 Å². The molecule has 1 aliphatic carbocycles. The van der Waals surface area contributed by atoms with Crippen LogP contribution in [0.3, 0.4) is 0 Å². The molecule has 7 N–H and O–H groups in total. The fraction of sp³-hybridized carbons (Fsp3) is 0.467. The number of likely N-dealkylation sites (N-methyl/N-ethyl adjacent to an activating group) is 1. The Bertz CT molecular complexity index is 1240. The second-order valence-corrected chi connectivity index (χ2v) is 10.1. The molecule has 10 nitrogen and oxygen atoms in total. The van der Waals surface area contributed by atoms with Gasteiger partial charge in [-0.15, -0.1) is 0 Å². The van der Waals surface area contributed by atoms with Crippen LogP contribution in [-0.4, -0.2) is 57.7 Å². The normalized spacial score (nSPS) is 17.3. The Hall–Kier alpha value is -3.92. The number of piperidine rings is 1. The number of amidine groups is 1. The van der Waals surface area contributed by atoms with Gasteiger partial charge in [0.05, 0.1) is 29.8 Å². The molecule has 3 rings (SSSR count). The fourth-order valence-corrected chi connectivity index (χ4v) is 4.70. The zero-order valence-corrected chi connectivity index (χ0v) is 24.2. The van der Waals surface area contributed by atoms with Crippen molar-refractivity contribution in [3.63, 3.8) is 0 Å². The van der Waals surface area contributed by atoms with Gasteiger partial charge in [0.25, 0.3) is 5.91 Å². The van der Waals surface area contributed by atoms with Crippen molar-refractivity contribution in [3.05, 3.63) is 58.5 Å². The molecular formula is C30H43N7O3. The molecule has 0 radical (unpaired) electrons. The van der Waals surface area contributed by atoms with Crippen LogP contribution in [0, 0.1) is 24.2 Å². The van der Waals surface area contributed by atoms with E-state index in [0.29, 0.717) is 46.2 Å². The molecule has 216 valence electrons. The van der Waals surface area contributed by atoms with Crippen molar-refractivity contribution in [3.8, 4) is 5.75 Å². The van der Waals surface area contributed by atoms with Crippen LogP contribution in [0.15, 0.2) is 52.3 Å². The number of anilines is 1. The Balaban J connectivity index is 2.04. The van der Waals surface area contributed by atoms with Gasteiger partial charge >= 0.3 is 0 Å². The summed E-state index contributed by atoms with van der Waals surface area (Å²) in [5.74, 6) is 0.648.